The lowest BCUT2D eigenvalue weighted by Gasteiger charge is -2.37. The van der Waals surface area contributed by atoms with Crippen LogP contribution in [0.4, 0.5) is 14.6 Å². The second-order valence-corrected chi connectivity index (χ2v) is 11.3. The van der Waals surface area contributed by atoms with E-state index in [0.717, 1.165) is 65.8 Å². The molecule has 1 fully saturated rings. The zero-order valence-corrected chi connectivity index (χ0v) is 23.9. The van der Waals surface area contributed by atoms with Gasteiger partial charge in [-0.05, 0) is 87.2 Å². The zero-order chi connectivity index (χ0) is 28.4. The van der Waals surface area contributed by atoms with E-state index in [2.05, 4.69) is 10.3 Å². The molecule has 2 aromatic carbocycles. The maximum absolute atomic E-state index is 14.7. The van der Waals surface area contributed by atoms with E-state index in [-0.39, 0.29) is 38.5 Å². The van der Waals surface area contributed by atoms with E-state index in [1.807, 2.05) is 38.2 Å². The quantitative estimate of drug-likeness (QED) is 0.232. The predicted octanol–water partition coefficient (Wildman–Crippen LogP) is 7.05. The van der Waals surface area contributed by atoms with Crippen molar-refractivity contribution < 1.29 is 18.3 Å². The van der Waals surface area contributed by atoms with Gasteiger partial charge in [-0.3, -0.25) is 4.79 Å². The number of amides is 1. The Balaban J connectivity index is 1.57. The molecular weight excluding hydrogens is 554 g/mol. The molecule has 1 aliphatic rings. The Morgan fingerprint density at radius 2 is 1.85 bits per heavy atom. The van der Waals surface area contributed by atoms with Crippen LogP contribution in [0.15, 0.2) is 48.7 Å². The van der Waals surface area contributed by atoms with Crippen LogP contribution in [0.2, 0.25) is 5.02 Å². The summed E-state index contributed by atoms with van der Waals surface area (Å²) in [6, 6.07) is 11.9. The highest BCUT2D eigenvalue weighted by Crippen LogP contribution is 2.40. The monoisotopic (exact) mass is 584 g/mol. The Bertz CT molecular complexity index is 1540. The van der Waals surface area contributed by atoms with Crippen LogP contribution in [-0.2, 0) is 6.54 Å². The van der Waals surface area contributed by atoms with Crippen LogP contribution < -0.4 is 15.8 Å². The van der Waals surface area contributed by atoms with Crippen molar-refractivity contribution in [1.29, 1.82) is 0 Å². The number of carbonyl (C=O) groups excluding carboxylic acids is 1. The topological polar surface area (TPSA) is 80.5 Å². The number of ether oxygens (including phenoxy) is 1. The first-order valence-corrected chi connectivity index (χ1v) is 14.5. The number of thiophene rings is 1. The number of nitrogens with two attached hydrogens (primary N) is 1. The maximum atomic E-state index is 14.7. The van der Waals surface area contributed by atoms with Gasteiger partial charge in [0.05, 0.1) is 21.7 Å². The highest BCUT2D eigenvalue weighted by atomic mass is 35.5. The third-order valence-electron chi connectivity index (χ3n) is 7.50. The Labute approximate surface area is 241 Å². The second kappa shape index (κ2) is 12.1. The Morgan fingerprint density at radius 1 is 1.12 bits per heavy atom. The number of fused-ring (bicyclic) bond motifs is 1. The lowest BCUT2D eigenvalue weighted by Crippen LogP contribution is -2.44. The summed E-state index contributed by atoms with van der Waals surface area (Å²) in [5, 5.41) is 3.22. The van der Waals surface area contributed by atoms with Gasteiger partial charge in [-0.2, -0.15) is 0 Å². The van der Waals surface area contributed by atoms with Crippen LogP contribution in [0.5, 0.6) is 5.75 Å². The summed E-state index contributed by atoms with van der Waals surface area (Å²) in [4.78, 5) is 20.2. The minimum absolute atomic E-state index is 0.0412. The minimum atomic E-state index is -0.652. The van der Waals surface area contributed by atoms with Crippen molar-refractivity contribution in [1.82, 2.24) is 15.2 Å². The van der Waals surface area contributed by atoms with E-state index < -0.39 is 11.6 Å². The average molecular weight is 585 g/mol. The average Bonchev–Trinajstić information content (AvgIpc) is 3.32. The number of rotatable bonds is 8. The molecule has 0 bridgehead atoms. The maximum Gasteiger partial charge on any atom is 0.266 e. The van der Waals surface area contributed by atoms with Crippen LogP contribution in [0.25, 0.3) is 21.2 Å². The molecule has 0 aliphatic heterocycles. The molecule has 4 aromatic rings. The van der Waals surface area contributed by atoms with Crippen molar-refractivity contribution in [2.75, 3.05) is 19.4 Å². The number of aromatic nitrogens is 1. The second-order valence-electron chi connectivity index (χ2n) is 9.93. The summed E-state index contributed by atoms with van der Waals surface area (Å²) >= 11 is 7.46. The first kappa shape index (κ1) is 28.3. The van der Waals surface area contributed by atoms with E-state index >= 15 is 0 Å². The fourth-order valence-corrected chi connectivity index (χ4v) is 6.90. The number of benzene rings is 2. The number of anilines is 1. The number of nitrogen functional groups attached to an aromatic ring is 1. The molecule has 0 radical (unpaired) electrons. The fourth-order valence-electron chi connectivity index (χ4n) is 5.40. The number of hydrogen-bond donors (Lipinski definition) is 2. The molecule has 0 atom stereocenters. The lowest BCUT2D eigenvalue weighted by atomic mass is 9.89. The molecule has 0 spiro atoms. The molecule has 0 unspecified atom stereocenters. The number of halogens is 3. The van der Waals surface area contributed by atoms with Crippen molar-refractivity contribution in [3.05, 3.63) is 75.8 Å². The molecule has 1 amide bonds. The molecule has 1 aliphatic carbocycles. The van der Waals surface area contributed by atoms with Gasteiger partial charge in [0.25, 0.3) is 5.91 Å². The minimum Gasteiger partial charge on any atom is -0.494 e. The summed E-state index contributed by atoms with van der Waals surface area (Å²) in [5.41, 5.74) is 8.54. The van der Waals surface area contributed by atoms with E-state index in [4.69, 9.17) is 22.1 Å². The van der Waals surface area contributed by atoms with Gasteiger partial charge in [-0.25, -0.2) is 13.8 Å². The van der Waals surface area contributed by atoms with Gasteiger partial charge < -0.3 is 20.7 Å². The Kier molecular flexibility index (Phi) is 8.54. The standard InChI is InChI=1S/C30H31ClF2N4O2S/c1-3-39-24-11-4-17(18-12-13-36-25(34)15-18)14-19(24)16-37(21-7-5-20(35-2)6-8-21)30(38)29-27(31)26-22(32)9-10-23(33)28(26)40-29/h4,9-15,20-21,35H,3,5-8,16H2,1-2H3,(H2,34,36). The number of carbonyl (C=O) groups is 1. The number of nitrogens with one attached hydrogen (secondary N) is 1. The molecule has 2 heterocycles. The number of pyridine rings is 1. The van der Waals surface area contributed by atoms with Gasteiger partial charge in [0, 0.05) is 30.4 Å². The predicted molar refractivity (Wildman–Crippen MR) is 157 cm³/mol. The molecule has 0 saturated heterocycles. The highest BCUT2D eigenvalue weighted by Gasteiger charge is 2.33. The van der Waals surface area contributed by atoms with Crippen molar-refractivity contribution in [3.8, 4) is 16.9 Å². The molecule has 1 saturated carbocycles. The van der Waals surface area contributed by atoms with E-state index in [9.17, 15) is 13.6 Å². The normalized spacial score (nSPS) is 17.2. The molecule has 5 rings (SSSR count). The van der Waals surface area contributed by atoms with Crippen molar-refractivity contribution in [2.24, 2.45) is 0 Å². The third kappa shape index (κ3) is 5.64. The third-order valence-corrected chi connectivity index (χ3v) is 9.17. The van der Waals surface area contributed by atoms with E-state index in [1.54, 1.807) is 17.2 Å². The van der Waals surface area contributed by atoms with Gasteiger partial charge in [-0.1, -0.05) is 17.7 Å². The summed E-state index contributed by atoms with van der Waals surface area (Å²) in [6.45, 7) is 2.60. The summed E-state index contributed by atoms with van der Waals surface area (Å²) in [6.07, 6.45) is 5.03. The van der Waals surface area contributed by atoms with E-state index in [1.165, 1.54) is 0 Å². The summed E-state index contributed by atoms with van der Waals surface area (Å²) in [5.74, 6) is -0.537. The molecule has 210 valence electrons. The summed E-state index contributed by atoms with van der Waals surface area (Å²) < 4.78 is 35.3. The van der Waals surface area contributed by atoms with E-state index in [0.29, 0.717) is 24.2 Å². The SMILES string of the molecule is CCOc1ccc(-c2ccnc(N)c2)cc1CN(C(=O)c1sc2c(F)ccc(F)c2c1Cl)C1CCC(NC)CC1. The van der Waals surface area contributed by atoms with Crippen LogP contribution in [0.1, 0.15) is 47.8 Å². The van der Waals surface area contributed by atoms with Crippen LogP contribution in [0, 0.1) is 11.6 Å². The van der Waals surface area contributed by atoms with Gasteiger partial charge >= 0.3 is 0 Å². The Hall–Kier alpha value is -3.27. The summed E-state index contributed by atoms with van der Waals surface area (Å²) in [7, 11) is 1.94. The largest absolute Gasteiger partial charge is 0.494 e. The highest BCUT2D eigenvalue weighted by molar-refractivity contribution is 7.21. The molecule has 2 aromatic heterocycles. The van der Waals surface area contributed by atoms with Gasteiger partial charge in [0.1, 0.15) is 28.1 Å². The molecule has 40 heavy (non-hydrogen) atoms. The first-order valence-electron chi connectivity index (χ1n) is 13.3. The van der Waals surface area contributed by atoms with Crippen LogP contribution in [-0.4, -0.2) is 41.5 Å². The zero-order valence-electron chi connectivity index (χ0n) is 22.3. The molecule has 3 N–H and O–H groups in total. The lowest BCUT2D eigenvalue weighted by molar-refractivity contribution is 0.0604. The Morgan fingerprint density at radius 3 is 2.52 bits per heavy atom. The van der Waals surface area contributed by atoms with Crippen molar-refractivity contribution in [2.45, 2.75) is 51.2 Å². The first-order chi connectivity index (χ1) is 19.3. The number of nitrogens with zero attached hydrogens (tertiary/aromatic N) is 2. The van der Waals surface area contributed by atoms with Crippen LogP contribution >= 0.6 is 22.9 Å². The fraction of sp³-hybridized carbons (Fsp3) is 0.333. The van der Waals surface area contributed by atoms with Gasteiger partial charge in [0.2, 0.25) is 0 Å². The molecule has 10 heteroatoms. The molecule has 6 nitrogen and oxygen atoms in total. The number of hydrogen-bond acceptors (Lipinski definition) is 6. The van der Waals surface area contributed by atoms with Gasteiger partial charge in [0.15, 0.2) is 0 Å². The molecular formula is C30H31ClF2N4O2S. The van der Waals surface area contributed by atoms with Crippen LogP contribution in [0.3, 0.4) is 0 Å². The van der Waals surface area contributed by atoms with Crippen molar-refractivity contribution >= 4 is 44.7 Å². The van der Waals surface area contributed by atoms with Crippen molar-refractivity contribution in [3.63, 3.8) is 0 Å². The van der Waals surface area contributed by atoms with Gasteiger partial charge in [-0.15, -0.1) is 11.3 Å². The smallest absolute Gasteiger partial charge is 0.266 e.